The van der Waals surface area contributed by atoms with E-state index in [1.807, 2.05) is 26.0 Å². The first-order chi connectivity index (χ1) is 15.7. The van der Waals surface area contributed by atoms with Crippen LogP contribution in [0.5, 0.6) is 0 Å². The highest BCUT2D eigenvalue weighted by Gasteiger charge is 2.37. The number of esters is 1. The molecule has 0 aromatic heterocycles. The van der Waals surface area contributed by atoms with Crippen LogP contribution in [-0.2, 0) is 19.1 Å². The van der Waals surface area contributed by atoms with Gasteiger partial charge in [0.1, 0.15) is 5.56 Å². The van der Waals surface area contributed by atoms with E-state index in [1.165, 1.54) is 24.3 Å². The van der Waals surface area contributed by atoms with Crippen molar-refractivity contribution in [2.75, 3.05) is 18.5 Å². The second-order valence-corrected chi connectivity index (χ2v) is 7.59. The summed E-state index contributed by atoms with van der Waals surface area (Å²) < 4.78 is 5.04. The number of nitrogens with one attached hydrogen (secondary N) is 2. The summed E-state index contributed by atoms with van der Waals surface area (Å²) in [7, 11) is 0. The summed E-state index contributed by atoms with van der Waals surface area (Å²) in [6, 6.07) is 10.9. The van der Waals surface area contributed by atoms with Gasteiger partial charge >= 0.3 is 5.97 Å². The van der Waals surface area contributed by atoms with Gasteiger partial charge in [0.25, 0.3) is 17.5 Å². The highest BCUT2D eigenvalue weighted by Crippen LogP contribution is 2.21. The van der Waals surface area contributed by atoms with E-state index < -0.39 is 46.8 Å². The number of aryl methyl sites for hydroxylation is 2. The number of para-hydroxylation sites is 1. The van der Waals surface area contributed by atoms with Gasteiger partial charge in [-0.05, 0) is 37.1 Å². The van der Waals surface area contributed by atoms with Crippen LogP contribution in [-0.4, -0.2) is 46.8 Å². The molecular formula is C22H22N4O7. The fourth-order valence-corrected chi connectivity index (χ4v) is 3.29. The highest BCUT2D eigenvalue weighted by atomic mass is 16.6. The van der Waals surface area contributed by atoms with Crippen molar-refractivity contribution in [3.63, 3.8) is 0 Å². The van der Waals surface area contributed by atoms with Gasteiger partial charge in [-0.1, -0.05) is 24.3 Å². The number of nitro groups is 1. The van der Waals surface area contributed by atoms with Gasteiger partial charge in [-0.25, -0.2) is 0 Å². The number of nitrogens with zero attached hydrogens (tertiary/aromatic N) is 2. The van der Waals surface area contributed by atoms with Gasteiger partial charge in [0.2, 0.25) is 5.91 Å². The number of carbonyl (C=O) groups is 4. The maximum Gasteiger partial charge on any atom is 0.311 e. The Bertz CT molecular complexity index is 1130. The zero-order valence-electron chi connectivity index (χ0n) is 18.0. The van der Waals surface area contributed by atoms with Crippen molar-refractivity contribution in [1.82, 2.24) is 10.4 Å². The van der Waals surface area contributed by atoms with E-state index in [4.69, 9.17) is 4.74 Å². The molecule has 1 aliphatic heterocycles. The number of hydrogen-bond donors (Lipinski definition) is 2. The molecule has 172 valence electrons. The smallest absolute Gasteiger partial charge is 0.311 e. The minimum Gasteiger partial charge on any atom is -0.455 e. The third-order valence-electron chi connectivity index (χ3n) is 5.05. The average Bonchev–Trinajstić information content (AvgIpc) is 3.14. The SMILES string of the molecule is Cc1ccc(C)c(NC(=O)COC(=O)[C@@H]2CC(=O)N(NC(=O)c3ccccc3[N+](=O)[O-])C2)c1. The molecular weight excluding hydrogens is 432 g/mol. The molecule has 1 saturated heterocycles. The zero-order chi connectivity index (χ0) is 24.1. The number of hydrogen-bond acceptors (Lipinski definition) is 7. The molecule has 2 aromatic rings. The molecule has 11 nitrogen and oxygen atoms in total. The second kappa shape index (κ2) is 9.90. The van der Waals surface area contributed by atoms with Crippen LogP contribution in [0.1, 0.15) is 27.9 Å². The van der Waals surface area contributed by atoms with Crippen LogP contribution in [0.4, 0.5) is 11.4 Å². The van der Waals surface area contributed by atoms with E-state index in [-0.39, 0.29) is 18.5 Å². The molecule has 0 radical (unpaired) electrons. The van der Waals surface area contributed by atoms with Gasteiger partial charge in [-0.3, -0.25) is 39.7 Å². The molecule has 33 heavy (non-hydrogen) atoms. The fourth-order valence-electron chi connectivity index (χ4n) is 3.29. The Kier molecular flexibility index (Phi) is 7.01. The maximum atomic E-state index is 12.4. The van der Waals surface area contributed by atoms with E-state index in [2.05, 4.69) is 10.7 Å². The Morgan fingerprint density at radius 2 is 1.91 bits per heavy atom. The van der Waals surface area contributed by atoms with Gasteiger partial charge < -0.3 is 10.1 Å². The van der Waals surface area contributed by atoms with Crippen LogP contribution in [0.15, 0.2) is 42.5 Å². The Balaban J connectivity index is 1.54. The topological polar surface area (TPSA) is 148 Å². The van der Waals surface area contributed by atoms with Crippen LogP contribution >= 0.6 is 0 Å². The minimum atomic E-state index is -0.892. The molecule has 1 fully saturated rings. The summed E-state index contributed by atoms with van der Waals surface area (Å²) in [5.41, 5.74) is 4.08. The zero-order valence-corrected chi connectivity index (χ0v) is 18.0. The lowest BCUT2D eigenvalue weighted by Crippen LogP contribution is -2.43. The average molecular weight is 454 g/mol. The fraction of sp³-hybridized carbons (Fsp3) is 0.273. The van der Waals surface area contributed by atoms with Crippen molar-refractivity contribution >= 4 is 35.1 Å². The summed E-state index contributed by atoms with van der Waals surface area (Å²) in [4.78, 5) is 59.5. The normalized spacial score (nSPS) is 15.2. The number of hydrazine groups is 1. The molecule has 0 unspecified atom stereocenters. The molecule has 0 aliphatic carbocycles. The van der Waals surface area contributed by atoms with E-state index in [9.17, 15) is 29.3 Å². The summed E-state index contributed by atoms with van der Waals surface area (Å²) in [6.07, 6.45) is -0.228. The van der Waals surface area contributed by atoms with Gasteiger partial charge in [0.15, 0.2) is 6.61 Å². The lowest BCUT2D eigenvalue weighted by Gasteiger charge is -2.17. The van der Waals surface area contributed by atoms with Crippen molar-refractivity contribution in [3.05, 3.63) is 69.3 Å². The van der Waals surface area contributed by atoms with Crippen LogP contribution < -0.4 is 10.7 Å². The minimum absolute atomic E-state index is 0.178. The van der Waals surface area contributed by atoms with Gasteiger partial charge in [0.05, 0.1) is 17.4 Å². The number of anilines is 1. The summed E-state index contributed by atoms with van der Waals surface area (Å²) in [5, 5.41) is 14.7. The number of benzene rings is 2. The van der Waals surface area contributed by atoms with Crippen molar-refractivity contribution in [1.29, 1.82) is 0 Å². The predicted octanol–water partition coefficient (Wildman–Crippen LogP) is 1.89. The maximum absolute atomic E-state index is 12.4. The molecule has 2 aromatic carbocycles. The molecule has 11 heteroatoms. The molecule has 3 amide bonds. The molecule has 2 N–H and O–H groups in total. The quantitative estimate of drug-likeness (QED) is 0.369. The number of nitro benzene ring substituents is 1. The van der Waals surface area contributed by atoms with Crippen LogP contribution in [0.2, 0.25) is 0 Å². The van der Waals surface area contributed by atoms with Gasteiger partial charge in [0, 0.05) is 18.2 Å². The molecule has 0 bridgehead atoms. The first-order valence-electron chi connectivity index (χ1n) is 10.0. The molecule has 1 atom stereocenters. The Morgan fingerprint density at radius 1 is 1.18 bits per heavy atom. The first-order valence-corrected chi connectivity index (χ1v) is 10.0. The Hall–Kier alpha value is -4.28. The summed E-state index contributed by atoms with van der Waals surface area (Å²) in [6.45, 7) is 3.01. The van der Waals surface area contributed by atoms with Crippen molar-refractivity contribution in [2.24, 2.45) is 5.92 Å². The van der Waals surface area contributed by atoms with Gasteiger partial charge in [-0.15, -0.1) is 0 Å². The van der Waals surface area contributed by atoms with Crippen LogP contribution in [0, 0.1) is 29.9 Å². The number of rotatable bonds is 7. The van der Waals surface area contributed by atoms with Crippen LogP contribution in [0.25, 0.3) is 0 Å². The number of carbonyl (C=O) groups excluding carboxylic acids is 4. The van der Waals surface area contributed by atoms with Crippen molar-refractivity contribution in [2.45, 2.75) is 20.3 Å². The highest BCUT2D eigenvalue weighted by molar-refractivity contribution is 5.99. The third kappa shape index (κ3) is 5.70. The lowest BCUT2D eigenvalue weighted by molar-refractivity contribution is -0.385. The Labute approximate surface area is 188 Å². The second-order valence-electron chi connectivity index (χ2n) is 7.59. The summed E-state index contributed by atoms with van der Waals surface area (Å²) >= 11 is 0. The summed E-state index contributed by atoms with van der Waals surface area (Å²) in [5.74, 6) is -3.58. The van der Waals surface area contributed by atoms with E-state index in [0.717, 1.165) is 16.1 Å². The van der Waals surface area contributed by atoms with E-state index in [1.54, 1.807) is 6.07 Å². The molecule has 3 rings (SSSR count). The molecule has 1 aliphatic rings. The monoisotopic (exact) mass is 454 g/mol. The van der Waals surface area contributed by atoms with Crippen LogP contribution in [0.3, 0.4) is 0 Å². The predicted molar refractivity (Wildman–Crippen MR) is 116 cm³/mol. The largest absolute Gasteiger partial charge is 0.455 e. The molecule has 1 heterocycles. The van der Waals surface area contributed by atoms with E-state index >= 15 is 0 Å². The number of ether oxygens (including phenoxy) is 1. The lowest BCUT2D eigenvalue weighted by atomic mass is 10.1. The van der Waals surface area contributed by atoms with Crippen molar-refractivity contribution < 1.29 is 28.8 Å². The van der Waals surface area contributed by atoms with Gasteiger partial charge in [-0.2, -0.15) is 0 Å². The third-order valence-corrected chi connectivity index (χ3v) is 5.05. The first kappa shape index (κ1) is 23.4. The number of amides is 3. The standard InChI is InChI=1S/C22H22N4O7/c1-13-7-8-14(2)17(9-13)23-19(27)12-33-22(30)15-10-20(28)25(11-15)24-21(29)16-5-3-4-6-18(16)26(31)32/h3-9,15H,10-12H2,1-2H3,(H,23,27)(H,24,29)/t15-/m1/s1. The van der Waals surface area contributed by atoms with Crippen molar-refractivity contribution in [3.8, 4) is 0 Å². The molecule has 0 spiro atoms. The van der Waals surface area contributed by atoms with E-state index in [0.29, 0.717) is 5.69 Å². The molecule has 0 saturated carbocycles. The Morgan fingerprint density at radius 3 is 2.64 bits per heavy atom.